The van der Waals surface area contributed by atoms with Gasteiger partial charge in [-0.25, -0.2) is 0 Å². The molecule has 2 N–H and O–H groups in total. The molecule has 5 heteroatoms. The van der Waals surface area contributed by atoms with Crippen LogP contribution in [0.2, 0.25) is 0 Å². The van der Waals surface area contributed by atoms with Gasteiger partial charge in [0.2, 0.25) is 0 Å². The zero-order valence-corrected chi connectivity index (χ0v) is 13.2. The quantitative estimate of drug-likeness (QED) is 0.867. The van der Waals surface area contributed by atoms with Crippen molar-refractivity contribution in [1.29, 1.82) is 5.26 Å². The molecule has 0 saturated carbocycles. The molecular formula is C14H23N3OS. The molecule has 0 aliphatic rings. The lowest BCUT2D eigenvalue weighted by Gasteiger charge is -2.25. The Morgan fingerprint density at radius 3 is 2.42 bits per heavy atom. The predicted molar refractivity (Wildman–Crippen MR) is 81.9 cm³/mol. The highest BCUT2D eigenvalue weighted by molar-refractivity contribution is 7.17. The van der Waals surface area contributed by atoms with E-state index in [-0.39, 0.29) is 6.10 Å². The van der Waals surface area contributed by atoms with Crippen molar-refractivity contribution in [2.45, 2.75) is 40.7 Å². The minimum atomic E-state index is 0.0416. The zero-order valence-electron chi connectivity index (χ0n) is 12.4. The number of anilines is 2. The molecule has 1 heterocycles. The van der Waals surface area contributed by atoms with Crippen molar-refractivity contribution in [3.05, 3.63) is 4.88 Å². The molecule has 1 aromatic rings. The van der Waals surface area contributed by atoms with Crippen LogP contribution in [0.3, 0.4) is 0 Å². The van der Waals surface area contributed by atoms with E-state index in [1.54, 1.807) is 0 Å². The van der Waals surface area contributed by atoms with Gasteiger partial charge in [-0.15, -0.1) is 11.3 Å². The number of hydrogen-bond donors (Lipinski definition) is 1. The molecule has 19 heavy (non-hydrogen) atoms. The second-order valence-electron chi connectivity index (χ2n) is 5.19. The van der Waals surface area contributed by atoms with Gasteiger partial charge in [0.15, 0.2) is 5.75 Å². The van der Waals surface area contributed by atoms with Gasteiger partial charge in [-0.3, -0.25) is 0 Å². The van der Waals surface area contributed by atoms with Crippen molar-refractivity contribution in [2.24, 2.45) is 5.92 Å². The van der Waals surface area contributed by atoms with Crippen LogP contribution < -0.4 is 15.4 Å². The lowest BCUT2D eigenvalue weighted by molar-refractivity contribution is 0.245. The smallest absolute Gasteiger partial charge is 0.178 e. The van der Waals surface area contributed by atoms with Gasteiger partial charge < -0.3 is 15.4 Å². The first-order valence-corrected chi connectivity index (χ1v) is 7.46. The summed E-state index contributed by atoms with van der Waals surface area (Å²) in [7, 11) is 0. The van der Waals surface area contributed by atoms with Gasteiger partial charge in [-0.2, -0.15) is 5.26 Å². The lowest BCUT2D eigenvalue weighted by Crippen LogP contribution is -2.27. The first-order chi connectivity index (χ1) is 8.90. The summed E-state index contributed by atoms with van der Waals surface area (Å²) in [5, 5.41) is 10.1. The summed E-state index contributed by atoms with van der Waals surface area (Å²) < 4.78 is 5.82. The van der Waals surface area contributed by atoms with Crippen LogP contribution in [0.15, 0.2) is 0 Å². The van der Waals surface area contributed by atoms with Crippen LogP contribution in [-0.4, -0.2) is 19.2 Å². The van der Waals surface area contributed by atoms with E-state index in [1.165, 1.54) is 11.3 Å². The third kappa shape index (κ3) is 3.77. The molecule has 0 saturated heterocycles. The predicted octanol–water partition coefficient (Wildman–Crippen LogP) is 3.47. The molecule has 1 aromatic heterocycles. The molecule has 0 unspecified atom stereocenters. The molecular weight excluding hydrogens is 258 g/mol. The molecule has 0 aliphatic heterocycles. The molecule has 4 nitrogen and oxygen atoms in total. The van der Waals surface area contributed by atoms with E-state index in [0.717, 1.165) is 18.1 Å². The van der Waals surface area contributed by atoms with Crippen LogP contribution in [0.1, 0.15) is 39.5 Å². The van der Waals surface area contributed by atoms with E-state index in [2.05, 4.69) is 31.7 Å². The average molecular weight is 281 g/mol. The standard InChI is InChI=1S/C14H23N3OS/c1-6-17(8-9(2)3)14-13(18-10(4)5)12(16)11(7-15)19-14/h9-10H,6,8,16H2,1-5H3. The number of nitrogen functional groups attached to an aromatic ring is 1. The number of rotatable bonds is 6. The Hall–Kier alpha value is -1.41. The van der Waals surface area contributed by atoms with E-state index in [1.807, 2.05) is 13.8 Å². The normalized spacial score (nSPS) is 10.8. The van der Waals surface area contributed by atoms with Crippen LogP contribution in [0, 0.1) is 17.2 Å². The number of thiophene rings is 1. The topological polar surface area (TPSA) is 62.3 Å². The monoisotopic (exact) mass is 281 g/mol. The van der Waals surface area contributed by atoms with E-state index >= 15 is 0 Å². The van der Waals surface area contributed by atoms with Crippen molar-refractivity contribution in [3.8, 4) is 11.8 Å². The molecule has 0 bridgehead atoms. The number of nitrogens with zero attached hydrogens (tertiary/aromatic N) is 2. The third-order valence-electron chi connectivity index (χ3n) is 2.59. The third-order valence-corrected chi connectivity index (χ3v) is 3.74. The second kappa shape index (κ2) is 6.67. The maximum atomic E-state index is 9.13. The summed E-state index contributed by atoms with van der Waals surface area (Å²) in [5.41, 5.74) is 6.49. The Morgan fingerprint density at radius 2 is 2.00 bits per heavy atom. The molecule has 0 spiro atoms. The number of nitriles is 1. The highest BCUT2D eigenvalue weighted by Crippen LogP contribution is 2.45. The van der Waals surface area contributed by atoms with E-state index in [0.29, 0.717) is 22.2 Å². The fourth-order valence-corrected chi connectivity index (χ4v) is 2.88. The van der Waals surface area contributed by atoms with Gasteiger partial charge in [0.1, 0.15) is 21.6 Å². The molecule has 1 rings (SSSR count). The maximum absolute atomic E-state index is 9.13. The maximum Gasteiger partial charge on any atom is 0.178 e. The van der Waals surface area contributed by atoms with E-state index < -0.39 is 0 Å². The van der Waals surface area contributed by atoms with Crippen molar-refractivity contribution in [2.75, 3.05) is 23.7 Å². The van der Waals surface area contributed by atoms with E-state index in [4.69, 9.17) is 15.7 Å². The molecule has 0 aliphatic carbocycles. The van der Waals surface area contributed by atoms with Gasteiger partial charge in [0.25, 0.3) is 0 Å². The summed E-state index contributed by atoms with van der Waals surface area (Å²) >= 11 is 1.42. The molecule has 0 amide bonds. The largest absolute Gasteiger partial charge is 0.486 e. The van der Waals surface area contributed by atoms with Crippen molar-refractivity contribution < 1.29 is 4.74 Å². The summed E-state index contributed by atoms with van der Waals surface area (Å²) in [5.74, 6) is 1.21. The van der Waals surface area contributed by atoms with Crippen LogP contribution in [-0.2, 0) is 0 Å². The van der Waals surface area contributed by atoms with Crippen molar-refractivity contribution >= 4 is 22.0 Å². The Labute approximate surface area is 119 Å². The van der Waals surface area contributed by atoms with Gasteiger partial charge in [0, 0.05) is 13.1 Å². The number of ether oxygens (including phenoxy) is 1. The average Bonchev–Trinajstić information content (AvgIpc) is 2.63. The minimum absolute atomic E-state index is 0.0416. The number of hydrogen-bond acceptors (Lipinski definition) is 5. The Morgan fingerprint density at radius 1 is 1.37 bits per heavy atom. The Balaban J connectivity index is 3.20. The summed E-state index contributed by atoms with van der Waals surface area (Å²) in [6.07, 6.45) is 0.0416. The SMILES string of the molecule is CCN(CC(C)C)c1sc(C#N)c(N)c1OC(C)C. The van der Waals surface area contributed by atoms with E-state index in [9.17, 15) is 0 Å². The van der Waals surface area contributed by atoms with Crippen LogP contribution in [0.5, 0.6) is 5.75 Å². The van der Waals surface area contributed by atoms with Gasteiger partial charge >= 0.3 is 0 Å². The van der Waals surface area contributed by atoms with Crippen molar-refractivity contribution in [1.82, 2.24) is 0 Å². The van der Waals surface area contributed by atoms with Crippen LogP contribution in [0.25, 0.3) is 0 Å². The fraction of sp³-hybridized carbons (Fsp3) is 0.643. The fourth-order valence-electron chi connectivity index (χ4n) is 1.85. The number of nitrogens with two attached hydrogens (primary N) is 1. The lowest BCUT2D eigenvalue weighted by atomic mass is 10.2. The highest BCUT2D eigenvalue weighted by Gasteiger charge is 2.22. The molecule has 106 valence electrons. The van der Waals surface area contributed by atoms with Crippen LogP contribution >= 0.6 is 11.3 Å². The highest BCUT2D eigenvalue weighted by atomic mass is 32.1. The van der Waals surface area contributed by atoms with Crippen LogP contribution in [0.4, 0.5) is 10.7 Å². The molecule has 0 fully saturated rings. The molecule has 0 atom stereocenters. The summed E-state index contributed by atoms with van der Waals surface area (Å²) in [4.78, 5) is 2.76. The van der Waals surface area contributed by atoms with Gasteiger partial charge in [0.05, 0.1) is 6.10 Å². The minimum Gasteiger partial charge on any atom is -0.486 e. The molecule has 0 aromatic carbocycles. The van der Waals surface area contributed by atoms with Gasteiger partial charge in [-0.1, -0.05) is 13.8 Å². The molecule has 0 radical (unpaired) electrons. The second-order valence-corrected chi connectivity index (χ2v) is 6.19. The summed E-state index contributed by atoms with van der Waals surface area (Å²) in [6, 6.07) is 2.15. The Kier molecular flexibility index (Phi) is 5.49. The van der Waals surface area contributed by atoms with Crippen molar-refractivity contribution in [3.63, 3.8) is 0 Å². The Bertz CT molecular complexity index is 460. The summed E-state index contributed by atoms with van der Waals surface area (Å²) in [6.45, 7) is 12.2. The zero-order chi connectivity index (χ0) is 14.6. The first kappa shape index (κ1) is 15.6. The first-order valence-electron chi connectivity index (χ1n) is 6.64. The van der Waals surface area contributed by atoms with Gasteiger partial charge in [-0.05, 0) is 26.7 Å².